The zero-order valence-corrected chi connectivity index (χ0v) is 36.6. The molecule has 16 atom stereocenters. The number of ketones is 1. The molecule has 2 saturated heterocycles. The first-order valence-corrected chi connectivity index (χ1v) is 22.1. The summed E-state index contributed by atoms with van der Waals surface area (Å²) >= 11 is 0. The number of hydrogen-bond acceptors (Lipinski definition) is 20. The van der Waals surface area contributed by atoms with Gasteiger partial charge in [-0.2, -0.15) is 8.42 Å². The fourth-order valence-corrected chi connectivity index (χ4v) is 8.45. The number of nitrogens with zero attached hydrogens (tertiary/aromatic N) is 2. The molecular formula is C38H60N6O21S. The van der Waals surface area contributed by atoms with Crippen molar-refractivity contribution in [3.8, 4) is 0 Å². The van der Waals surface area contributed by atoms with Crippen LogP contribution >= 0.6 is 0 Å². The third-order valence-electron chi connectivity index (χ3n) is 11.7. The van der Waals surface area contributed by atoms with Crippen molar-refractivity contribution in [3.05, 3.63) is 23.7 Å². The lowest BCUT2D eigenvalue weighted by atomic mass is 9.79. The number of carbonyl (C=O) groups excluding carboxylic acids is 7. The maximum Gasteiger partial charge on any atom is 0.446 e. The number of primary amides is 1. The highest BCUT2D eigenvalue weighted by atomic mass is 32.3. The minimum atomic E-state index is -5.18. The summed E-state index contributed by atoms with van der Waals surface area (Å²) in [6.07, 6.45) is -17.4. The van der Waals surface area contributed by atoms with Crippen LogP contribution < -0.4 is 21.7 Å². The van der Waals surface area contributed by atoms with Crippen molar-refractivity contribution >= 4 is 52.6 Å². The Kier molecular flexibility index (Phi) is 20.4. The Morgan fingerprint density at radius 1 is 0.970 bits per heavy atom. The van der Waals surface area contributed by atoms with E-state index in [-0.39, 0.29) is 25.8 Å². The van der Waals surface area contributed by atoms with Gasteiger partial charge in [0.2, 0.25) is 36.4 Å². The Hall–Kier alpha value is -4.88. The molecule has 3 aliphatic rings. The van der Waals surface area contributed by atoms with Gasteiger partial charge in [-0.3, -0.25) is 38.1 Å². The Morgan fingerprint density at radius 2 is 1.62 bits per heavy atom. The highest BCUT2D eigenvalue weighted by Gasteiger charge is 2.47. The number of rotatable bonds is 26. The number of nitrogens with two attached hydrogens (primary N) is 1. The molecule has 1 aliphatic carbocycles. The van der Waals surface area contributed by atoms with E-state index in [4.69, 9.17) is 10.3 Å². The van der Waals surface area contributed by atoms with Gasteiger partial charge in [-0.25, -0.2) is 0 Å². The number of aliphatic hydroxyl groups excluding tert-OH is 10. The third-order valence-corrected chi connectivity index (χ3v) is 12.0. The number of Topliss-reactive ketones (excluding diaryl/α,β-unsaturated/α-hetero) is 1. The summed E-state index contributed by atoms with van der Waals surface area (Å²) < 4.78 is 36.1. The van der Waals surface area contributed by atoms with E-state index in [0.717, 1.165) is 28.9 Å². The molecule has 374 valence electrons. The number of β-amino-alcohol motifs (C(OH)–C–C–N with tert-alkyl or cyclic N) is 1. The van der Waals surface area contributed by atoms with Crippen LogP contribution in [-0.4, -0.2) is 208 Å². The van der Waals surface area contributed by atoms with Gasteiger partial charge >= 0.3 is 10.4 Å². The summed E-state index contributed by atoms with van der Waals surface area (Å²) in [4.78, 5) is 90.4. The second-order valence-electron chi connectivity index (χ2n) is 16.7. The van der Waals surface area contributed by atoms with Crippen molar-refractivity contribution < 1.29 is 102 Å². The van der Waals surface area contributed by atoms with Gasteiger partial charge in [0.05, 0.1) is 55.2 Å². The second kappa shape index (κ2) is 24.2. The fourth-order valence-electron chi connectivity index (χ4n) is 8.08. The average Bonchev–Trinajstić information content (AvgIpc) is 3.77. The van der Waals surface area contributed by atoms with Crippen molar-refractivity contribution in [2.24, 2.45) is 23.5 Å². The first-order chi connectivity index (χ1) is 30.7. The summed E-state index contributed by atoms with van der Waals surface area (Å²) in [7, 11) is -5.18. The number of allylic oxidation sites excluding steroid dienone is 1. The molecule has 28 heteroatoms. The molecule has 2 heterocycles. The summed E-state index contributed by atoms with van der Waals surface area (Å²) in [5.74, 6) is -10.4. The molecule has 3 rings (SSSR count). The number of aliphatic hydroxyl groups is 10. The minimum Gasteiger partial charge on any atom is -0.504 e. The average molecular weight is 969 g/mol. The van der Waals surface area contributed by atoms with E-state index in [1.54, 1.807) is 6.92 Å². The molecule has 27 nitrogen and oxygen atoms in total. The van der Waals surface area contributed by atoms with Crippen molar-refractivity contribution in [2.45, 2.75) is 138 Å². The van der Waals surface area contributed by atoms with Gasteiger partial charge in [-0.05, 0) is 38.3 Å². The van der Waals surface area contributed by atoms with E-state index in [0.29, 0.717) is 6.41 Å². The van der Waals surface area contributed by atoms with E-state index in [9.17, 15) is 93.0 Å². The zero-order valence-electron chi connectivity index (χ0n) is 35.8. The number of likely N-dealkylation sites (tertiary alicyclic amines) is 2. The lowest BCUT2D eigenvalue weighted by Crippen LogP contribution is -2.60. The van der Waals surface area contributed by atoms with Crippen LogP contribution in [0.1, 0.15) is 58.8 Å². The molecule has 2 aliphatic heterocycles. The predicted octanol–water partition coefficient (Wildman–Crippen LogP) is -7.21. The molecule has 16 N–H and O–H groups in total. The Balaban J connectivity index is 1.82. The molecule has 6 amide bonds. The molecule has 66 heavy (non-hydrogen) atoms. The lowest BCUT2D eigenvalue weighted by molar-refractivity contribution is -0.145. The van der Waals surface area contributed by atoms with E-state index in [2.05, 4.69) is 14.8 Å². The lowest BCUT2D eigenvalue weighted by Gasteiger charge is -2.35. The number of hydrogen-bond donors (Lipinski definition) is 15. The van der Waals surface area contributed by atoms with E-state index in [1.807, 2.05) is 5.32 Å². The van der Waals surface area contributed by atoms with Crippen LogP contribution in [0.15, 0.2) is 23.7 Å². The largest absolute Gasteiger partial charge is 0.504 e. The van der Waals surface area contributed by atoms with Gasteiger partial charge in [0.15, 0.2) is 23.5 Å². The molecule has 2 fully saturated rings. The van der Waals surface area contributed by atoms with E-state index in [1.165, 1.54) is 0 Å². The van der Waals surface area contributed by atoms with Crippen molar-refractivity contribution in [2.75, 3.05) is 13.1 Å². The molecule has 0 saturated carbocycles. The quantitative estimate of drug-likeness (QED) is 0.0218. The molecule has 0 aromatic heterocycles. The van der Waals surface area contributed by atoms with Crippen LogP contribution in [0.3, 0.4) is 0 Å². The number of amides is 6. The monoisotopic (exact) mass is 968 g/mol. The zero-order chi connectivity index (χ0) is 50.0. The Morgan fingerprint density at radius 3 is 2.20 bits per heavy atom. The Labute approximate surface area is 377 Å². The van der Waals surface area contributed by atoms with Crippen molar-refractivity contribution in [1.82, 2.24) is 25.8 Å². The van der Waals surface area contributed by atoms with E-state index >= 15 is 0 Å². The minimum absolute atomic E-state index is 0.0116. The molecular weight excluding hydrogens is 909 g/mol. The van der Waals surface area contributed by atoms with Crippen LogP contribution in [0.25, 0.3) is 0 Å². The van der Waals surface area contributed by atoms with Gasteiger partial charge in [-0.1, -0.05) is 6.92 Å². The summed E-state index contributed by atoms with van der Waals surface area (Å²) in [6.45, 7) is 2.06. The first-order valence-electron chi connectivity index (χ1n) is 20.7. The molecule has 0 radical (unpaired) electrons. The summed E-state index contributed by atoms with van der Waals surface area (Å²) in [6, 6.07) is -6.72. The van der Waals surface area contributed by atoms with Crippen LogP contribution in [0, 0.1) is 17.8 Å². The predicted molar refractivity (Wildman–Crippen MR) is 219 cm³/mol. The smallest absolute Gasteiger partial charge is 0.446 e. The van der Waals surface area contributed by atoms with Crippen molar-refractivity contribution in [1.29, 1.82) is 0 Å². The molecule has 0 aromatic rings. The van der Waals surface area contributed by atoms with Crippen LogP contribution in [0.5, 0.6) is 0 Å². The highest BCUT2D eigenvalue weighted by molar-refractivity contribution is 7.81. The van der Waals surface area contributed by atoms with Gasteiger partial charge in [0, 0.05) is 50.1 Å². The van der Waals surface area contributed by atoms with Gasteiger partial charge < -0.3 is 86.7 Å². The molecule has 0 spiro atoms. The maximum absolute atomic E-state index is 14.1. The topological polar surface area (TPSA) is 454 Å². The molecule has 3 unspecified atom stereocenters. The van der Waals surface area contributed by atoms with Crippen LogP contribution in [0.2, 0.25) is 0 Å². The third kappa shape index (κ3) is 15.1. The van der Waals surface area contributed by atoms with E-state index < -0.39 is 187 Å². The summed E-state index contributed by atoms with van der Waals surface area (Å²) in [5.41, 5.74) is 5.12. The second-order valence-corrected chi connectivity index (χ2v) is 17.8. The number of nitrogens with one attached hydrogen (secondary N) is 3. The number of carbonyl (C=O) groups is 7. The molecule has 0 bridgehead atoms. The van der Waals surface area contributed by atoms with Gasteiger partial charge in [0.1, 0.15) is 24.2 Å². The standard InChI is InChI=1S/C38H60N6O21S/c1-16-12-43(15-46)31(32(16)55)37(60)42-36(59)27(53)11-22(40-14-45)35(58)41-30(17(2)47)38(61)44-13-20(49)8-23(44)26(52)10-21(24(50)6-4-19(48)9-29(39)54)34(57)33(56)18-3-5-25(51)28(7-18)65-66(62,63)64/h5,7,14-24,27,30-34,36,47-51,53,55-57,59H,3-4,6,8-13H2,1-2H3,(H2,39,54)(H,40,45)(H,41,58)(H,42,60)(H,62,63,64)/t16-,17+,18?,19-,20+,21+,22-,23-,24?,27+,30-,31-,32-,33-,34?,36+/m0/s1. The van der Waals surface area contributed by atoms with Crippen molar-refractivity contribution in [3.63, 3.8) is 0 Å². The SMILES string of the molecule is C[C@@H](O)[C@H](NC(=O)[C@H](C[C@@H](O)[C@@H](O)NC(=O)[C@@H]1[C@@H](O)[C@@H](C)CN1C=O)NC=O)C(=O)N1C[C@H](O)C[C@H]1C(=O)C[C@H](C(O)CC[C@H](O)CC(N)=O)C(O)[C@@H](O)C1C=C(OS(=O)(=O)O)C(O)=CC1. The normalized spacial score (nSPS) is 26.7. The maximum atomic E-state index is 14.1. The first kappa shape index (κ1) is 55.4. The van der Waals surface area contributed by atoms with Crippen LogP contribution in [0.4, 0.5) is 0 Å². The highest BCUT2D eigenvalue weighted by Crippen LogP contribution is 2.33. The molecule has 0 aromatic carbocycles. The summed E-state index contributed by atoms with van der Waals surface area (Å²) in [5, 5.41) is 113. The van der Waals surface area contributed by atoms with Crippen LogP contribution in [-0.2, 0) is 48.1 Å². The van der Waals surface area contributed by atoms with Gasteiger partial charge in [-0.15, -0.1) is 0 Å². The Bertz CT molecular complexity index is 1920. The fraction of sp³-hybridized carbons (Fsp3) is 0.711. The van der Waals surface area contributed by atoms with Gasteiger partial charge in [0.25, 0.3) is 0 Å².